The first-order valence-electron chi connectivity index (χ1n) is 6.61. The van der Waals surface area contributed by atoms with Gasteiger partial charge in [0.25, 0.3) is 0 Å². The Morgan fingerprint density at radius 1 is 1.20 bits per heavy atom. The molecule has 0 radical (unpaired) electrons. The van der Waals surface area contributed by atoms with Crippen LogP contribution in [-0.2, 0) is 0 Å². The largest absolute Gasteiger partial charge is 0.316 e. The van der Waals surface area contributed by atoms with E-state index < -0.39 is 0 Å². The highest BCUT2D eigenvalue weighted by Gasteiger charge is 2.18. The molecule has 1 N–H and O–H groups in total. The third-order valence-electron chi connectivity index (χ3n) is 3.63. The van der Waals surface area contributed by atoms with E-state index in [4.69, 9.17) is 0 Å². The Morgan fingerprint density at radius 2 is 1.87 bits per heavy atom. The van der Waals surface area contributed by atoms with Gasteiger partial charge < -0.3 is 10.2 Å². The van der Waals surface area contributed by atoms with Gasteiger partial charge in [0.05, 0.1) is 0 Å². The number of nitrogens with zero attached hydrogens (tertiary/aromatic N) is 1. The number of hydrogen-bond acceptors (Lipinski definition) is 2. The van der Waals surface area contributed by atoms with Gasteiger partial charge in [0.1, 0.15) is 0 Å². The number of rotatable bonds is 6. The van der Waals surface area contributed by atoms with E-state index in [2.05, 4.69) is 31.1 Å². The van der Waals surface area contributed by atoms with Gasteiger partial charge in [-0.2, -0.15) is 0 Å². The average molecular weight is 212 g/mol. The average Bonchev–Trinajstić information content (AvgIpc) is 2.22. The number of likely N-dealkylation sites (N-methyl/N-ethyl adjacent to an activating group) is 2. The predicted octanol–water partition coefficient (Wildman–Crippen LogP) is 2.35. The van der Waals surface area contributed by atoms with Gasteiger partial charge in [0.2, 0.25) is 0 Å². The highest BCUT2D eigenvalue weighted by atomic mass is 15.1. The smallest absolute Gasteiger partial charge is 0.0104 e. The van der Waals surface area contributed by atoms with Crippen molar-refractivity contribution in [2.75, 3.05) is 33.2 Å². The fourth-order valence-corrected chi connectivity index (χ4v) is 2.49. The number of hydrogen-bond donors (Lipinski definition) is 1. The van der Waals surface area contributed by atoms with Crippen LogP contribution in [0.1, 0.15) is 39.5 Å². The van der Waals surface area contributed by atoms with Crippen LogP contribution in [-0.4, -0.2) is 38.1 Å². The summed E-state index contributed by atoms with van der Waals surface area (Å²) in [6.07, 6.45) is 5.80. The minimum Gasteiger partial charge on any atom is -0.316 e. The molecule has 0 bridgehead atoms. The second-order valence-electron chi connectivity index (χ2n) is 5.24. The van der Waals surface area contributed by atoms with Crippen molar-refractivity contribution in [3.05, 3.63) is 0 Å². The molecule has 0 amide bonds. The van der Waals surface area contributed by atoms with Gasteiger partial charge in [-0.05, 0) is 38.3 Å². The lowest BCUT2D eigenvalue weighted by Gasteiger charge is -2.29. The Labute approximate surface area is 95.4 Å². The van der Waals surface area contributed by atoms with Crippen molar-refractivity contribution in [1.29, 1.82) is 0 Å². The summed E-state index contributed by atoms with van der Waals surface area (Å²) < 4.78 is 0. The molecule has 2 nitrogen and oxygen atoms in total. The molecule has 0 aromatic rings. The molecule has 0 spiro atoms. The third kappa shape index (κ3) is 5.53. The summed E-state index contributed by atoms with van der Waals surface area (Å²) in [5, 5.41) is 3.38. The summed E-state index contributed by atoms with van der Waals surface area (Å²) in [6.45, 7) is 9.29. The van der Waals surface area contributed by atoms with Crippen LogP contribution in [0, 0.1) is 11.8 Å². The van der Waals surface area contributed by atoms with E-state index in [0.29, 0.717) is 0 Å². The van der Waals surface area contributed by atoms with Crippen molar-refractivity contribution in [2.45, 2.75) is 39.5 Å². The fourth-order valence-electron chi connectivity index (χ4n) is 2.49. The zero-order chi connectivity index (χ0) is 11.1. The maximum absolute atomic E-state index is 3.38. The second kappa shape index (κ2) is 7.24. The molecule has 0 atom stereocenters. The topological polar surface area (TPSA) is 15.3 Å². The summed E-state index contributed by atoms with van der Waals surface area (Å²) in [6, 6.07) is 0. The molecular weight excluding hydrogens is 184 g/mol. The first-order valence-corrected chi connectivity index (χ1v) is 6.61. The van der Waals surface area contributed by atoms with Crippen LogP contribution in [0.4, 0.5) is 0 Å². The fraction of sp³-hybridized carbons (Fsp3) is 1.00. The molecule has 0 aromatic carbocycles. The highest BCUT2D eigenvalue weighted by Crippen LogP contribution is 2.28. The van der Waals surface area contributed by atoms with Crippen LogP contribution in [0.15, 0.2) is 0 Å². The van der Waals surface area contributed by atoms with Crippen LogP contribution in [0.5, 0.6) is 0 Å². The lowest BCUT2D eigenvalue weighted by Crippen LogP contribution is -2.33. The molecule has 0 heterocycles. The first kappa shape index (κ1) is 13.0. The van der Waals surface area contributed by atoms with Gasteiger partial charge >= 0.3 is 0 Å². The molecule has 1 rings (SSSR count). The molecule has 0 saturated heterocycles. The Kier molecular flexibility index (Phi) is 6.26. The molecule has 1 aliphatic carbocycles. The van der Waals surface area contributed by atoms with E-state index in [1.165, 1.54) is 38.8 Å². The lowest BCUT2D eigenvalue weighted by molar-refractivity contribution is 0.210. The molecule has 1 fully saturated rings. The first-order chi connectivity index (χ1) is 7.22. The minimum absolute atomic E-state index is 0.966. The van der Waals surface area contributed by atoms with Gasteiger partial charge in [0, 0.05) is 19.6 Å². The van der Waals surface area contributed by atoms with Crippen molar-refractivity contribution >= 4 is 0 Å². The predicted molar refractivity (Wildman–Crippen MR) is 67.2 cm³/mol. The van der Waals surface area contributed by atoms with Gasteiger partial charge in [0.15, 0.2) is 0 Å². The normalized spacial score (nSPS) is 27.2. The Bertz CT molecular complexity index is 151. The van der Waals surface area contributed by atoms with Crippen molar-refractivity contribution in [3.8, 4) is 0 Å². The van der Waals surface area contributed by atoms with Crippen molar-refractivity contribution in [2.24, 2.45) is 11.8 Å². The Hall–Kier alpha value is -0.0800. The van der Waals surface area contributed by atoms with Crippen LogP contribution >= 0.6 is 0 Å². The summed E-state index contributed by atoms with van der Waals surface area (Å²) in [5.41, 5.74) is 0. The van der Waals surface area contributed by atoms with Crippen LogP contribution in [0.25, 0.3) is 0 Å². The van der Waals surface area contributed by atoms with E-state index >= 15 is 0 Å². The maximum Gasteiger partial charge on any atom is 0.0104 e. The van der Waals surface area contributed by atoms with Crippen LogP contribution in [0.2, 0.25) is 0 Å². The molecule has 15 heavy (non-hydrogen) atoms. The van der Waals surface area contributed by atoms with E-state index in [1.807, 2.05) is 0 Å². The Balaban J connectivity index is 2.06. The highest BCUT2D eigenvalue weighted by molar-refractivity contribution is 4.72. The van der Waals surface area contributed by atoms with Crippen molar-refractivity contribution < 1.29 is 0 Å². The summed E-state index contributed by atoms with van der Waals surface area (Å²) in [5.74, 6) is 1.95. The number of nitrogens with one attached hydrogen (secondary N) is 1. The molecule has 0 aliphatic heterocycles. The zero-order valence-electron chi connectivity index (χ0n) is 10.8. The summed E-state index contributed by atoms with van der Waals surface area (Å²) in [4.78, 5) is 2.49. The van der Waals surface area contributed by atoms with Crippen molar-refractivity contribution in [1.82, 2.24) is 10.2 Å². The van der Waals surface area contributed by atoms with E-state index in [1.54, 1.807) is 0 Å². The quantitative estimate of drug-likeness (QED) is 0.680. The minimum atomic E-state index is 0.966. The van der Waals surface area contributed by atoms with Crippen LogP contribution < -0.4 is 5.32 Å². The molecule has 0 unspecified atom stereocenters. The monoisotopic (exact) mass is 212 g/mol. The molecule has 1 saturated carbocycles. The molecule has 2 heteroatoms. The van der Waals surface area contributed by atoms with Gasteiger partial charge in [-0.3, -0.25) is 0 Å². The molecular formula is C13H28N2. The van der Waals surface area contributed by atoms with Gasteiger partial charge in [-0.1, -0.05) is 26.7 Å². The van der Waals surface area contributed by atoms with Gasteiger partial charge in [-0.15, -0.1) is 0 Å². The molecule has 90 valence electrons. The third-order valence-corrected chi connectivity index (χ3v) is 3.63. The van der Waals surface area contributed by atoms with E-state index in [-0.39, 0.29) is 0 Å². The van der Waals surface area contributed by atoms with Crippen LogP contribution in [0.3, 0.4) is 0 Å². The SMILES string of the molecule is CCNCCN(C)CC1CCC(C)CC1. The van der Waals surface area contributed by atoms with Crippen molar-refractivity contribution in [3.63, 3.8) is 0 Å². The standard InChI is InChI=1S/C13H28N2/c1-4-14-9-10-15(3)11-13-7-5-12(2)6-8-13/h12-14H,4-11H2,1-3H3. The van der Waals surface area contributed by atoms with Gasteiger partial charge in [-0.25, -0.2) is 0 Å². The van der Waals surface area contributed by atoms with E-state index in [0.717, 1.165) is 24.9 Å². The summed E-state index contributed by atoms with van der Waals surface area (Å²) >= 11 is 0. The van der Waals surface area contributed by atoms with E-state index in [9.17, 15) is 0 Å². The second-order valence-corrected chi connectivity index (χ2v) is 5.24. The maximum atomic E-state index is 3.38. The molecule has 0 aromatic heterocycles. The summed E-state index contributed by atoms with van der Waals surface area (Å²) in [7, 11) is 2.26. The Morgan fingerprint density at radius 3 is 2.47 bits per heavy atom. The molecule has 1 aliphatic rings. The lowest BCUT2D eigenvalue weighted by atomic mass is 9.83. The zero-order valence-corrected chi connectivity index (χ0v) is 10.8.